The summed E-state index contributed by atoms with van der Waals surface area (Å²) in [5.74, 6) is 0. The summed E-state index contributed by atoms with van der Waals surface area (Å²) in [6.45, 7) is 0. The Bertz CT molecular complexity index is 3230. The Morgan fingerprint density at radius 3 is 1.84 bits per heavy atom. The molecule has 11 rings (SSSR count). The third-order valence-corrected chi connectivity index (χ3v) is 11.0. The molecule has 0 amide bonds. The van der Waals surface area contributed by atoms with Gasteiger partial charge in [0.1, 0.15) is 11.2 Å². The van der Waals surface area contributed by atoms with Crippen LogP contribution in [0.4, 0.5) is 11.4 Å². The van der Waals surface area contributed by atoms with Crippen LogP contribution in [0.2, 0.25) is 0 Å². The van der Waals surface area contributed by atoms with Crippen LogP contribution in [-0.4, -0.2) is 4.57 Å². The number of anilines is 2. The van der Waals surface area contributed by atoms with E-state index in [4.69, 9.17) is 4.42 Å². The molecular formula is C52H34N2O. The Hall–Kier alpha value is -7.36. The minimum Gasteiger partial charge on any atom is -0.456 e. The second-order valence-electron chi connectivity index (χ2n) is 14.2. The van der Waals surface area contributed by atoms with Gasteiger partial charge in [0.2, 0.25) is 0 Å². The Kier molecular flexibility index (Phi) is 7.17. The van der Waals surface area contributed by atoms with Gasteiger partial charge in [0.05, 0.1) is 11.0 Å². The van der Waals surface area contributed by atoms with Crippen molar-refractivity contribution in [3.63, 3.8) is 0 Å². The molecule has 2 heterocycles. The maximum Gasteiger partial charge on any atom is 0.135 e. The van der Waals surface area contributed by atoms with Crippen LogP contribution in [0.25, 0.3) is 93.6 Å². The third kappa shape index (κ3) is 5.28. The number of hydrogen-bond acceptors (Lipinski definition) is 2. The molecule has 1 N–H and O–H groups in total. The van der Waals surface area contributed by atoms with Gasteiger partial charge in [-0.05, 0) is 93.9 Å². The fourth-order valence-corrected chi connectivity index (χ4v) is 8.33. The van der Waals surface area contributed by atoms with Crippen molar-refractivity contribution < 1.29 is 4.42 Å². The highest BCUT2D eigenvalue weighted by atomic mass is 16.3. The van der Waals surface area contributed by atoms with E-state index in [2.05, 4.69) is 198 Å². The fourth-order valence-electron chi connectivity index (χ4n) is 8.33. The topological polar surface area (TPSA) is 30.1 Å². The molecular weight excluding hydrogens is 669 g/mol. The largest absolute Gasteiger partial charge is 0.456 e. The van der Waals surface area contributed by atoms with Gasteiger partial charge in [-0.3, -0.25) is 0 Å². The lowest BCUT2D eigenvalue weighted by Gasteiger charge is -2.18. The van der Waals surface area contributed by atoms with E-state index in [0.29, 0.717) is 0 Å². The summed E-state index contributed by atoms with van der Waals surface area (Å²) in [6, 6.07) is 71.7. The molecule has 0 unspecified atom stereocenters. The number of aromatic nitrogens is 1. The molecule has 55 heavy (non-hydrogen) atoms. The first kappa shape index (κ1) is 31.2. The Labute approximate surface area is 318 Å². The summed E-state index contributed by atoms with van der Waals surface area (Å²) < 4.78 is 8.56. The van der Waals surface area contributed by atoms with Crippen LogP contribution in [0.3, 0.4) is 0 Å². The van der Waals surface area contributed by atoms with Gasteiger partial charge in [0.15, 0.2) is 0 Å². The zero-order chi connectivity index (χ0) is 36.3. The van der Waals surface area contributed by atoms with Gasteiger partial charge in [0, 0.05) is 49.6 Å². The molecule has 0 atom stereocenters. The average Bonchev–Trinajstić information content (AvgIpc) is 3.79. The minimum atomic E-state index is 0.899. The summed E-state index contributed by atoms with van der Waals surface area (Å²) >= 11 is 0. The number of fused-ring (bicyclic) bond motifs is 7. The van der Waals surface area contributed by atoms with E-state index in [1.807, 2.05) is 12.1 Å². The molecule has 0 saturated heterocycles. The third-order valence-electron chi connectivity index (χ3n) is 11.0. The first-order valence-corrected chi connectivity index (χ1v) is 18.8. The molecule has 3 nitrogen and oxygen atoms in total. The zero-order valence-corrected chi connectivity index (χ0v) is 29.9. The second kappa shape index (κ2) is 12.6. The fraction of sp³-hybridized carbons (Fsp3) is 0. The smallest absolute Gasteiger partial charge is 0.135 e. The minimum absolute atomic E-state index is 0.899. The van der Waals surface area contributed by atoms with E-state index in [-0.39, 0.29) is 0 Å². The molecule has 258 valence electrons. The molecule has 11 aromatic rings. The predicted octanol–water partition coefficient (Wildman–Crippen LogP) is 14.6. The van der Waals surface area contributed by atoms with Crippen LogP contribution in [0.1, 0.15) is 0 Å². The number of para-hydroxylation sites is 3. The first-order valence-electron chi connectivity index (χ1n) is 18.8. The van der Waals surface area contributed by atoms with Gasteiger partial charge in [-0.1, -0.05) is 140 Å². The average molecular weight is 703 g/mol. The van der Waals surface area contributed by atoms with E-state index < -0.39 is 0 Å². The molecule has 0 aliphatic carbocycles. The lowest BCUT2D eigenvalue weighted by atomic mass is 9.96. The molecule has 0 radical (unpaired) electrons. The van der Waals surface area contributed by atoms with Crippen molar-refractivity contribution in [2.75, 3.05) is 5.32 Å². The van der Waals surface area contributed by atoms with Crippen LogP contribution in [-0.2, 0) is 0 Å². The van der Waals surface area contributed by atoms with E-state index in [0.717, 1.165) is 72.4 Å². The SMILES string of the molecule is c1ccc(-c2ccc(-c3ccc4c5ccccc5n(-c5ccccc5)c4c3)cc2Nc2cc(-c3ccc4oc5ccccc5c4c3)cc3ccccc23)cc1. The van der Waals surface area contributed by atoms with E-state index in [9.17, 15) is 0 Å². The number of nitrogens with zero attached hydrogens (tertiary/aromatic N) is 1. The summed E-state index contributed by atoms with van der Waals surface area (Å²) in [5, 5.41) is 11.1. The summed E-state index contributed by atoms with van der Waals surface area (Å²) in [5.41, 5.74) is 14.4. The maximum absolute atomic E-state index is 6.17. The molecule has 9 aromatic carbocycles. The summed E-state index contributed by atoms with van der Waals surface area (Å²) in [4.78, 5) is 0. The lowest BCUT2D eigenvalue weighted by molar-refractivity contribution is 0.669. The highest BCUT2D eigenvalue weighted by Crippen LogP contribution is 2.41. The van der Waals surface area contributed by atoms with Crippen molar-refractivity contribution in [3.8, 4) is 39.1 Å². The van der Waals surface area contributed by atoms with Crippen molar-refractivity contribution in [1.29, 1.82) is 0 Å². The van der Waals surface area contributed by atoms with Crippen LogP contribution in [0, 0.1) is 0 Å². The standard InChI is InChI=1S/C52H34N2O/c1-3-13-34(14-4-1)42-26-23-36(37-24-27-44-43-19-9-11-21-49(43)54(50(44)33-37)40-16-5-2-6-17-40)31-47(42)53-48-32-39(29-38-15-7-8-18-41(38)48)35-25-28-52-46(30-35)45-20-10-12-22-51(45)55-52/h1-33,53H. The van der Waals surface area contributed by atoms with Crippen LogP contribution in [0.15, 0.2) is 205 Å². The van der Waals surface area contributed by atoms with Crippen molar-refractivity contribution in [1.82, 2.24) is 4.57 Å². The maximum atomic E-state index is 6.17. The van der Waals surface area contributed by atoms with Crippen LogP contribution < -0.4 is 5.32 Å². The lowest BCUT2D eigenvalue weighted by Crippen LogP contribution is -1.97. The monoisotopic (exact) mass is 702 g/mol. The van der Waals surface area contributed by atoms with Gasteiger partial charge in [-0.15, -0.1) is 0 Å². The second-order valence-corrected chi connectivity index (χ2v) is 14.2. The van der Waals surface area contributed by atoms with Gasteiger partial charge >= 0.3 is 0 Å². The Balaban J connectivity index is 1.07. The first-order chi connectivity index (χ1) is 27.2. The van der Waals surface area contributed by atoms with Crippen LogP contribution >= 0.6 is 0 Å². The van der Waals surface area contributed by atoms with Crippen LogP contribution in [0.5, 0.6) is 0 Å². The molecule has 0 fully saturated rings. The molecule has 0 bridgehead atoms. The van der Waals surface area contributed by atoms with E-state index in [1.165, 1.54) is 32.6 Å². The number of furan rings is 1. The number of benzene rings is 9. The van der Waals surface area contributed by atoms with Crippen molar-refractivity contribution in [2.24, 2.45) is 0 Å². The quantitative estimate of drug-likeness (QED) is 0.187. The van der Waals surface area contributed by atoms with Crippen molar-refractivity contribution >= 4 is 65.9 Å². The van der Waals surface area contributed by atoms with Gasteiger partial charge in [-0.25, -0.2) is 0 Å². The highest BCUT2D eigenvalue weighted by Gasteiger charge is 2.16. The molecule has 0 aliphatic heterocycles. The predicted molar refractivity (Wildman–Crippen MR) is 232 cm³/mol. The van der Waals surface area contributed by atoms with Gasteiger partial charge in [-0.2, -0.15) is 0 Å². The molecule has 0 spiro atoms. The van der Waals surface area contributed by atoms with Gasteiger partial charge < -0.3 is 14.3 Å². The summed E-state index contributed by atoms with van der Waals surface area (Å²) in [7, 11) is 0. The molecule has 2 aromatic heterocycles. The van der Waals surface area contributed by atoms with E-state index in [1.54, 1.807) is 0 Å². The highest BCUT2D eigenvalue weighted by molar-refractivity contribution is 6.11. The zero-order valence-electron chi connectivity index (χ0n) is 29.9. The van der Waals surface area contributed by atoms with Crippen molar-refractivity contribution in [3.05, 3.63) is 200 Å². The normalized spacial score (nSPS) is 11.6. The number of nitrogens with one attached hydrogen (secondary N) is 1. The molecule has 3 heteroatoms. The Morgan fingerprint density at radius 2 is 0.964 bits per heavy atom. The van der Waals surface area contributed by atoms with Gasteiger partial charge in [0.25, 0.3) is 0 Å². The summed E-state index contributed by atoms with van der Waals surface area (Å²) in [6.07, 6.45) is 0. The molecule has 0 aliphatic rings. The Morgan fingerprint density at radius 1 is 0.345 bits per heavy atom. The number of hydrogen-bond donors (Lipinski definition) is 1. The molecule has 0 saturated carbocycles. The van der Waals surface area contributed by atoms with E-state index >= 15 is 0 Å². The van der Waals surface area contributed by atoms with Crippen molar-refractivity contribution in [2.45, 2.75) is 0 Å². The number of rotatable bonds is 6.